The maximum absolute atomic E-state index is 12.8. The van der Waals surface area contributed by atoms with E-state index in [4.69, 9.17) is 0 Å². The number of piperidine rings is 1. The molecule has 1 aromatic carbocycles. The number of benzene rings is 1. The number of thioether (sulfide) groups is 1. The van der Waals surface area contributed by atoms with Crippen molar-refractivity contribution in [2.24, 2.45) is 0 Å². The van der Waals surface area contributed by atoms with E-state index in [2.05, 4.69) is 41.2 Å². The molecule has 0 unspecified atom stereocenters. The van der Waals surface area contributed by atoms with Crippen molar-refractivity contribution in [3.8, 4) is 6.07 Å². The fraction of sp³-hybridized carbons (Fsp3) is 0.476. The number of nitrogens with one attached hydrogen (secondary N) is 1. The van der Waals surface area contributed by atoms with Gasteiger partial charge in [-0.25, -0.2) is 0 Å². The molecule has 0 radical (unpaired) electrons. The molecule has 0 aromatic heterocycles. The van der Waals surface area contributed by atoms with Crippen LogP contribution in [-0.4, -0.2) is 34.6 Å². The van der Waals surface area contributed by atoms with Crippen molar-refractivity contribution in [1.29, 1.82) is 5.26 Å². The molecule has 3 rings (SSSR count). The Kier molecular flexibility index (Phi) is 6.84. The maximum Gasteiger partial charge on any atom is 0.233 e. The number of carbonyl (C=O) groups is 2. The maximum atomic E-state index is 12.8. The molecule has 0 spiro atoms. The summed E-state index contributed by atoms with van der Waals surface area (Å²) in [6.07, 6.45) is 3.42. The molecule has 2 amide bonds. The fourth-order valence-electron chi connectivity index (χ4n) is 4.06. The van der Waals surface area contributed by atoms with Gasteiger partial charge in [-0.1, -0.05) is 39.8 Å². The summed E-state index contributed by atoms with van der Waals surface area (Å²) < 4.78 is 0.908. The van der Waals surface area contributed by atoms with Gasteiger partial charge in [-0.2, -0.15) is 5.26 Å². The fourth-order valence-corrected chi connectivity index (χ4v) is 5.43. The number of amides is 2. The smallest absolute Gasteiger partial charge is 0.233 e. The molecule has 0 saturated carbocycles. The molecule has 2 aliphatic rings. The highest BCUT2D eigenvalue weighted by molar-refractivity contribution is 9.10. The lowest BCUT2D eigenvalue weighted by Gasteiger charge is -2.39. The number of hydrogen-bond acceptors (Lipinski definition) is 4. The first-order valence-corrected chi connectivity index (χ1v) is 11.3. The molecule has 2 aliphatic heterocycles. The van der Waals surface area contributed by atoms with Crippen LogP contribution in [0.4, 0.5) is 0 Å². The summed E-state index contributed by atoms with van der Waals surface area (Å²) in [6.45, 7) is 4.17. The van der Waals surface area contributed by atoms with Crippen molar-refractivity contribution in [3.63, 3.8) is 0 Å². The van der Waals surface area contributed by atoms with Crippen LogP contribution in [-0.2, 0) is 9.59 Å². The Labute approximate surface area is 178 Å². The second-order valence-corrected chi connectivity index (χ2v) is 9.33. The number of likely N-dealkylation sites (tertiary alicyclic amines) is 1. The summed E-state index contributed by atoms with van der Waals surface area (Å²) in [5.41, 5.74) is 1.44. The van der Waals surface area contributed by atoms with Crippen molar-refractivity contribution in [1.82, 2.24) is 10.2 Å². The van der Waals surface area contributed by atoms with E-state index in [1.807, 2.05) is 29.2 Å². The zero-order valence-electron chi connectivity index (χ0n) is 16.1. The molecule has 1 aromatic rings. The van der Waals surface area contributed by atoms with Gasteiger partial charge in [0, 0.05) is 28.9 Å². The van der Waals surface area contributed by atoms with Crippen LogP contribution in [0.2, 0.25) is 0 Å². The van der Waals surface area contributed by atoms with Crippen molar-refractivity contribution in [2.45, 2.75) is 57.5 Å². The van der Waals surface area contributed by atoms with Gasteiger partial charge in [-0.05, 0) is 50.8 Å². The predicted octanol–water partition coefficient (Wildman–Crippen LogP) is 4.31. The van der Waals surface area contributed by atoms with E-state index < -0.39 is 0 Å². The van der Waals surface area contributed by atoms with Crippen LogP contribution in [0.15, 0.2) is 39.3 Å². The standard InChI is InChI=1S/C21H24BrN3O2S/c1-13-5-3-6-14(2)25(13)20(27)12-28-21-18(11-23)17(10-19(26)24-21)15-7-4-8-16(22)9-15/h4,7-9,13-14,17H,3,5-6,10,12H2,1-2H3,(H,24,26)/t13-,14+,17-/m1/s1. The van der Waals surface area contributed by atoms with Gasteiger partial charge in [-0.15, -0.1) is 0 Å². The molecule has 28 heavy (non-hydrogen) atoms. The molecule has 1 N–H and O–H groups in total. The molecule has 0 aliphatic carbocycles. The molecule has 0 bridgehead atoms. The largest absolute Gasteiger partial charge is 0.337 e. The lowest BCUT2D eigenvalue weighted by molar-refractivity contribution is -0.134. The quantitative estimate of drug-likeness (QED) is 0.724. The SMILES string of the molecule is C[C@@H]1CCC[C@H](C)N1C(=O)CSC1=C(C#N)[C@@H](c2cccc(Br)c2)CC(=O)N1. The van der Waals surface area contributed by atoms with Gasteiger partial charge < -0.3 is 10.2 Å². The minimum Gasteiger partial charge on any atom is -0.337 e. The van der Waals surface area contributed by atoms with Crippen LogP contribution >= 0.6 is 27.7 Å². The van der Waals surface area contributed by atoms with E-state index in [1.165, 1.54) is 11.8 Å². The van der Waals surface area contributed by atoms with Gasteiger partial charge in [-0.3, -0.25) is 9.59 Å². The minimum atomic E-state index is -0.290. The Balaban J connectivity index is 1.79. The highest BCUT2D eigenvalue weighted by Gasteiger charge is 2.32. The van der Waals surface area contributed by atoms with Crippen molar-refractivity contribution in [3.05, 3.63) is 44.9 Å². The number of rotatable bonds is 4. The number of allylic oxidation sites excluding steroid dienone is 1. The van der Waals surface area contributed by atoms with Crippen LogP contribution in [0.25, 0.3) is 0 Å². The first kappa shape index (κ1) is 20.9. The monoisotopic (exact) mass is 461 g/mol. The second kappa shape index (κ2) is 9.15. The van der Waals surface area contributed by atoms with E-state index in [1.54, 1.807) is 0 Å². The van der Waals surface area contributed by atoms with Gasteiger partial charge >= 0.3 is 0 Å². The molecule has 5 nitrogen and oxygen atoms in total. The van der Waals surface area contributed by atoms with E-state index in [0.717, 1.165) is 29.3 Å². The lowest BCUT2D eigenvalue weighted by Crippen LogP contribution is -2.48. The van der Waals surface area contributed by atoms with Crippen LogP contribution in [0, 0.1) is 11.3 Å². The molecular formula is C21H24BrN3O2S. The predicted molar refractivity (Wildman–Crippen MR) is 114 cm³/mol. The first-order chi connectivity index (χ1) is 13.4. The Hall–Kier alpha value is -1.78. The average molecular weight is 462 g/mol. The van der Waals surface area contributed by atoms with E-state index in [9.17, 15) is 14.9 Å². The summed E-state index contributed by atoms with van der Waals surface area (Å²) in [4.78, 5) is 27.1. The van der Waals surface area contributed by atoms with Gasteiger partial charge in [0.15, 0.2) is 0 Å². The van der Waals surface area contributed by atoms with Crippen LogP contribution in [0.5, 0.6) is 0 Å². The molecule has 3 atom stereocenters. The highest BCUT2D eigenvalue weighted by atomic mass is 79.9. The molecule has 1 fully saturated rings. The van der Waals surface area contributed by atoms with Crippen molar-refractivity contribution in [2.75, 3.05) is 5.75 Å². The number of halogens is 1. The summed E-state index contributed by atoms with van der Waals surface area (Å²) in [7, 11) is 0. The summed E-state index contributed by atoms with van der Waals surface area (Å²) in [5, 5.41) is 13.1. The minimum absolute atomic E-state index is 0.0633. The third kappa shape index (κ3) is 4.61. The zero-order valence-corrected chi connectivity index (χ0v) is 18.5. The van der Waals surface area contributed by atoms with Gasteiger partial charge in [0.2, 0.25) is 11.8 Å². The third-order valence-electron chi connectivity index (χ3n) is 5.43. The molecule has 7 heteroatoms. The lowest BCUT2D eigenvalue weighted by atomic mass is 9.87. The average Bonchev–Trinajstić information content (AvgIpc) is 2.65. The van der Waals surface area contributed by atoms with Crippen molar-refractivity contribution < 1.29 is 9.59 Å². The third-order valence-corrected chi connectivity index (χ3v) is 6.92. The zero-order chi connectivity index (χ0) is 20.3. The molecule has 148 valence electrons. The van der Waals surface area contributed by atoms with E-state index in [-0.39, 0.29) is 42.0 Å². The highest BCUT2D eigenvalue weighted by Crippen LogP contribution is 2.37. The van der Waals surface area contributed by atoms with E-state index >= 15 is 0 Å². The summed E-state index contributed by atoms with van der Waals surface area (Å²) in [5.74, 6) is -0.130. The number of carbonyl (C=O) groups excluding carboxylic acids is 2. The molecule has 2 heterocycles. The summed E-state index contributed by atoms with van der Waals surface area (Å²) in [6, 6.07) is 10.4. The topological polar surface area (TPSA) is 73.2 Å². The normalized spacial score (nSPS) is 25.3. The van der Waals surface area contributed by atoms with Crippen molar-refractivity contribution >= 4 is 39.5 Å². The van der Waals surface area contributed by atoms with Crippen LogP contribution < -0.4 is 5.32 Å². The van der Waals surface area contributed by atoms with Gasteiger partial charge in [0.05, 0.1) is 22.4 Å². The van der Waals surface area contributed by atoms with Gasteiger partial charge in [0.25, 0.3) is 0 Å². The Morgan fingerprint density at radius 2 is 2.07 bits per heavy atom. The summed E-state index contributed by atoms with van der Waals surface area (Å²) >= 11 is 4.72. The van der Waals surface area contributed by atoms with Crippen LogP contribution in [0.3, 0.4) is 0 Å². The number of nitriles is 1. The Bertz CT molecular complexity index is 838. The Morgan fingerprint density at radius 1 is 1.36 bits per heavy atom. The van der Waals surface area contributed by atoms with Crippen LogP contribution in [0.1, 0.15) is 51.0 Å². The molecule has 1 saturated heterocycles. The number of hydrogen-bond donors (Lipinski definition) is 1. The first-order valence-electron chi connectivity index (χ1n) is 9.54. The second-order valence-electron chi connectivity index (χ2n) is 7.43. The number of nitrogens with zero attached hydrogens (tertiary/aromatic N) is 2. The van der Waals surface area contributed by atoms with E-state index in [0.29, 0.717) is 10.6 Å². The van der Waals surface area contributed by atoms with Gasteiger partial charge in [0.1, 0.15) is 0 Å². The Morgan fingerprint density at radius 3 is 2.71 bits per heavy atom. The molecular weight excluding hydrogens is 438 g/mol.